The summed E-state index contributed by atoms with van der Waals surface area (Å²) in [6, 6.07) is 4.11. The predicted molar refractivity (Wildman–Crippen MR) is 74.6 cm³/mol. The molecule has 94 valence electrons. The largest absolute Gasteiger partial charge is 0.324 e. The van der Waals surface area contributed by atoms with Crippen LogP contribution in [-0.4, -0.2) is 23.2 Å². The number of nitrogens with one attached hydrogen (secondary N) is 1. The first-order chi connectivity index (χ1) is 9.33. The first-order valence-corrected chi connectivity index (χ1v) is 7.03. The van der Waals surface area contributed by atoms with Gasteiger partial charge in [0.15, 0.2) is 0 Å². The van der Waals surface area contributed by atoms with Crippen molar-refractivity contribution in [3.05, 3.63) is 57.7 Å². The molecule has 3 aliphatic rings. The average molecular weight is 269 g/mol. The van der Waals surface area contributed by atoms with Crippen LogP contribution in [0.3, 0.4) is 0 Å². The summed E-state index contributed by atoms with van der Waals surface area (Å²) in [4.78, 5) is 19.5. The Balaban J connectivity index is 1.86. The molecular formula is C14H11N3OS. The Kier molecular flexibility index (Phi) is 2.22. The zero-order valence-electron chi connectivity index (χ0n) is 10.1. The SMILES string of the molecule is O=C1C=CC2=CN=C(c3cccs3)N3CCC(=C23)N1. The fourth-order valence-electron chi connectivity index (χ4n) is 2.62. The number of carbonyl (C=O) groups is 1. The lowest BCUT2D eigenvalue weighted by molar-refractivity contribution is -0.115. The molecule has 0 aromatic carbocycles. The number of thiophene rings is 1. The van der Waals surface area contributed by atoms with Crippen molar-refractivity contribution in [1.82, 2.24) is 10.2 Å². The molecule has 5 heteroatoms. The molecule has 0 bridgehead atoms. The number of allylic oxidation sites excluding steroid dienone is 1. The monoisotopic (exact) mass is 269 g/mol. The van der Waals surface area contributed by atoms with E-state index in [-0.39, 0.29) is 5.91 Å². The number of amidine groups is 1. The summed E-state index contributed by atoms with van der Waals surface area (Å²) in [5.74, 6) is 0.922. The summed E-state index contributed by atoms with van der Waals surface area (Å²) in [5, 5.41) is 5.01. The van der Waals surface area contributed by atoms with Gasteiger partial charge in [-0.25, -0.2) is 4.99 Å². The zero-order valence-corrected chi connectivity index (χ0v) is 10.9. The number of nitrogens with zero attached hydrogens (tertiary/aromatic N) is 2. The molecule has 0 radical (unpaired) electrons. The molecule has 19 heavy (non-hydrogen) atoms. The second kappa shape index (κ2) is 3.93. The van der Waals surface area contributed by atoms with Crippen LogP contribution < -0.4 is 5.32 Å². The van der Waals surface area contributed by atoms with Gasteiger partial charge in [0.1, 0.15) is 5.84 Å². The highest BCUT2D eigenvalue weighted by molar-refractivity contribution is 7.12. The van der Waals surface area contributed by atoms with Crippen molar-refractivity contribution in [3.8, 4) is 0 Å². The first kappa shape index (κ1) is 10.8. The van der Waals surface area contributed by atoms with E-state index in [1.165, 1.54) is 0 Å². The van der Waals surface area contributed by atoms with Crippen LogP contribution in [0.4, 0.5) is 0 Å². The molecule has 0 unspecified atom stereocenters. The summed E-state index contributed by atoms with van der Waals surface area (Å²) in [6.45, 7) is 0.868. The molecule has 4 nitrogen and oxygen atoms in total. The van der Waals surface area contributed by atoms with Gasteiger partial charge in [-0.3, -0.25) is 4.79 Å². The highest BCUT2D eigenvalue weighted by Crippen LogP contribution is 2.34. The van der Waals surface area contributed by atoms with Crippen LogP contribution in [0.2, 0.25) is 0 Å². The van der Waals surface area contributed by atoms with E-state index in [4.69, 9.17) is 0 Å². The summed E-state index contributed by atoms with van der Waals surface area (Å²) in [5.41, 5.74) is 3.11. The Morgan fingerprint density at radius 3 is 3.16 bits per heavy atom. The van der Waals surface area contributed by atoms with Gasteiger partial charge in [0, 0.05) is 36.5 Å². The first-order valence-electron chi connectivity index (χ1n) is 6.15. The number of hydrogen-bond acceptors (Lipinski definition) is 4. The van der Waals surface area contributed by atoms with Crippen LogP contribution in [0.25, 0.3) is 0 Å². The van der Waals surface area contributed by atoms with E-state index in [1.807, 2.05) is 18.3 Å². The normalized spacial score (nSPS) is 20.8. The molecule has 0 saturated heterocycles. The van der Waals surface area contributed by atoms with Crippen molar-refractivity contribution in [1.29, 1.82) is 0 Å². The lowest BCUT2D eigenvalue weighted by Gasteiger charge is -2.26. The molecule has 0 aliphatic carbocycles. The van der Waals surface area contributed by atoms with E-state index in [0.29, 0.717) is 0 Å². The number of aliphatic imine (C=N–C) groups is 1. The van der Waals surface area contributed by atoms with Crippen LogP contribution in [0, 0.1) is 0 Å². The maximum Gasteiger partial charge on any atom is 0.248 e. The minimum atomic E-state index is -0.0580. The molecule has 3 aliphatic heterocycles. The topological polar surface area (TPSA) is 44.7 Å². The van der Waals surface area contributed by atoms with E-state index in [1.54, 1.807) is 17.4 Å². The molecule has 0 atom stereocenters. The van der Waals surface area contributed by atoms with E-state index in [9.17, 15) is 4.79 Å². The molecule has 1 aromatic rings. The van der Waals surface area contributed by atoms with Gasteiger partial charge in [0.25, 0.3) is 0 Å². The third kappa shape index (κ3) is 1.58. The van der Waals surface area contributed by atoms with Crippen LogP contribution in [0.15, 0.2) is 57.8 Å². The minimum absolute atomic E-state index is 0.0580. The summed E-state index contributed by atoms with van der Waals surface area (Å²) in [6.07, 6.45) is 6.10. The highest BCUT2D eigenvalue weighted by Gasteiger charge is 2.32. The Bertz CT molecular complexity index is 680. The van der Waals surface area contributed by atoms with Crippen molar-refractivity contribution in [2.24, 2.45) is 4.99 Å². The van der Waals surface area contributed by atoms with Gasteiger partial charge in [-0.15, -0.1) is 11.3 Å². The van der Waals surface area contributed by atoms with E-state index < -0.39 is 0 Å². The quantitative estimate of drug-likeness (QED) is 0.847. The molecule has 4 rings (SSSR count). The van der Waals surface area contributed by atoms with Gasteiger partial charge in [-0.2, -0.15) is 0 Å². The molecule has 1 N–H and O–H groups in total. The van der Waals surface area contributed by atoms with Crippen molar-refractivity contribution >= 4 is 23.1 Å². The molecular weight excluding hydrogens is 258 g/mol. The van der Waals surface area contributed by atoms with Crippen molar-refractivity contribution in [2.45, 2.75) is 6.42 Å². The van der Waals surface area contributed by atoms with Gasteiger partial charge in [-0.05, 0) is 17.5 Å². The van der Waals surface area contributed by atoms with Gasteiger partial charge in [0.05, 0.1) is 10.6 Å². The van der Waals surface area contributed by atoms with Crippen molar-refractivity contribution < 1.29 is 4.79 Å². The average Bonchev–Trinajstić information content (AvgIpc) is 3.03. The van der Waals surface area contributed by atoms with Gasteiger partial charge in [0.2, 0.25) is 5.91 Å². The molecule has 0 fully saturated rings. The smallest absolute Gasteiger partial charge is 0.248 e. The molecule has 4 heterocycles. The molecule has 1 aromatic heterocycles. The number of carbonyl (C=O) groups excluding carboxylic acids is 1. The molecule has 0 saturated carbocycles. The molecule has 1 amide bonds. The van der Waals surface area contributed by atoms with E-state index in [2.05, 4.69) is 26.7 Å². The zero-order chi connectivity index (χ0) is 12.8. The Hall–Kier alpha value is -2.14. The lowest BCUT2D eigenvalue weighted by Crippen LogP contribution is -2.30. The van der Waals surface area contributed by atoms with E-state index >= 15 is 0 Å². The van der Waals surface area contributed by atoms with Gasteiger partial charge < -0.3 is 10.2 Å². The summed E-state index contributed by atoms with van der Waals surface area (Å²) in [7, 11) is 0. The lowest BCUT2D eigenvalue weighted by atomic mass is 10.1. The van der Waals surface area contributed by atoms with Gasteiger partial charge >= 0.3 is 0 Å². The fourth-order valence-corrected chi connectivity index (χ4v) is 3.35. The number of amides is 1. The number of hydrogen-bond donors (Lipinski definition) is 1. The number of rotatable bonds is 1. The van der Waals surface area contributed by atoms with Gasteiger partial charge in [-0.1, -0.05) is 6.07 Å². The highest BCUT2D eigenvalue weighted by atomic mass is 32.1. The fraction of sp³-hybridized carbons (Fsp3) is 0.143. The summed E-state index contributed by atoms with van der Waals surface area (Å²) >= 11 is 1.68. The van der Waals surface area contributed by atoms with Crippen LogP contribution >= 0.6 is 11.3 Å². The van der Waals surface area contributed by atoms with Crippen molar-refractivity contribution in [2.75, 3.05) is 6.54 Å². The second-order valence-corrected chi connectivity index (χ2v) is 5.51. The Morgan fingerprint density at radius 2 is 2.32 bits per heavy atom. The standard InChI is InChI=1S/C14H11N3OS/c18-12-4-3-9-8-15-14(11-2-1-7-19-11)17-6-5-10(16-12)13(9)17/h1-4,7-8H,5-6H2,(H,16,18). The predicted octanol–water partition coefficient (Wildman–Crippen LogP) is 2.00. The van der Waals surface area contributed by atoms with Crippen LogP contribution in [-0.2, 0) is 4.79 Å². The van der Waals surface area contributed by atoms with Crippen molar-refractivity contribution in [3.63, 3.8) is 0 Å². The Labute approximate surface area is 114 Å². The third-order valence-corrected chi connectivity index (χ3v) is 4.29. The van der Waals surface area contributed by atoms with E-state index in [0.717, 1.165) is 40.6 Å². The second-order valence-electron chi connectivity index (χ2n) is 4.57. The van der Waals surface area contributed by atoms with Crippen LogP contribution in [0.5, 0.6) is 0 Å². The minimum Gasteiger partial charge on any atom is -0.324 e. The summed E-state index contributed by atoms with van der Waals surface area (Å²) < 4.78 is 0. The maximum absolute atomic E-state index is 11.6. The molecule has 0 spiro atoms. The Morgan fingerprint density at radius 1 is 1.37 bits per heavy atom. The third-order valence-electron chi connectivity index (χ3n) is 3.43. The van der Waals surface area contributed by atoms with Crippen LogP contribution in [0.1, 0.15) is 11.3 Å². The maximum atomic E-state index is 11.6.